The first kappa shape index (κ1) is 18.3. The second kappa shape index (κ2) is 5.22. The molecule has 0 radical (unpaired) electrons. The van der Waals surface area contributed by atoms with Crippen molar-refractivity contribution in [1.29, 1.82) is 0 Å². The number of aromatic hydroxyl groups is 1. The van der Waals surface area contributed by atoms with Crippen molar-refractivity contribution in [3.8, 4) is 5.75 Å². The quantitative estimate of drug-likeness (QED) is 0.717. The molecule has 9 heteroatoms. The molecule has 0 unspecified atom stereocenters. The second-order valence-corrected chi connectivity index (χ2v) is 5.51. The topological polar surface area (TPSA) is 33.1 Å². The van der Waals surface area contributed by atoms with E-state index in [2.05, 4.69) is 4.98 Å². The van der Waals surface area contributed by atoms with Gasteiger partial charge < -0.3 is 5.11 Å². The summed E-state index contributed by atoms with van der Waals surface area (Å²) in [7, 11) is 0. The van der Waals surface area contributed by atoms with Crippen molar-refractivity contribution in [3.05, 3.63) is 34.5 Å². The van der Waals surface area contributed by atoms with Crippen LogP contribution in [0.25, 0.3) is 10.9 Å². The number of aryl methyl sites for hydroxylation is 2. The summed E-state index contributed by atoms with van der Waals surface area (Å²) in [4.78, 5) is 4.00. The van der Waals surface area contributed by atoms with Crippen LogP contribution in [0.2, 0.25) is 0 Å². The van der Waals surface area contributed by atoms with Gasteiger partial charge in [0.15, 0.2) is 0 Å². The Morgan fingerprint density at radius 2 is 1.38 bits per heavy atom. The third kappa shape index (κ3) is 2.46. The van der Waals surface area contributed by atoms with Gasteiger partial charge in [-0.05, 0) is 38.5 Å². The molecule has 1 aromatic carbocycles. The first-order chi connectivity index (χ1) is 10.7. The lowest BCUT2D eigenvalue weighted by molar-refractivity contribution is -0.348. The van der Waals surface area contributed by atoms with E-state index in [1.165, 1.54) is 13.8 Å². The monoisotopic (exact) mass is 355 g/mol. The molecular formula is C15H12F7NO. The molecule has 1 N–H and O–H groups in total. The highest BCUT2D eigenvalue weighted by atomic mass is 19.4. The number of hydrogen-bond donors (Lipinski definition) is 1. The summed E-state index contributed by atoms with van der Waals surface area (Å²) >= 11 is 0. The summed E-state index contributed by atoms with van der Waals surface area (Å²) in [5.41, 5.74) is -7.23. The number of benzene rings is 1. The van der Waals surface area contributed by atoms with Gasteiger partial charge in [-0.15, -0.1) is 0 Å². The summed E-state index contributed by atoms with van der Waals surface area (Å²) in [5.74, 6) is -0.537. The van der Waals surface area contributed by atoms with Crippen LogP contribution in [-0.2, 0) is 5.67 Å². The number of rotatable bonds is 1. The number of hydrogen-bond acceptors (Lipinski definition) is 2. The van der Waals surface area contributed by atoms with Gasteiger partial charge in [-0.1, -0.05) is 0 Å². The van der Waals surface area contributed by atoms with Crippen LogP contribution in [0.15, 0.2) is 12.1 Å². The first-order valence-electron chi connectivity index (χ1n) is 6.65. The average Bonchev–Trinajstić information content (AvgIpc) is 2.41. The van der Waals surface area contributed by atoms with E-state index in [-0.39, 0.29) is 16.5 Å². The summed E-state index contributed by atoms with van der Waals surface area (Å²) in [6, 6.07) is 1.25. The van der Waals surface area contributed by atoms with Crippen LogP contribution in [0, 0.1) is 20.8 Å². The minimum absolute atomic E-state index is 0.0245. The van der Waals surface area contributed by atoms with Crippen LogP contribution >= 0.6 is 0 Å². The van der Waals surface area contributed by atoms with Crippen molar-refractivity contribution in [2.75, 3.05) is 0 Å². The number of alkyl halides is 7. The number of pyridine rings is 1. The first-order valence-corrected chi connectivity index (χ1v) is 6.65. The standard InChI is InChI=1S/C15H12F7NO/c1-6-4-11-9(12(24)7(2)8(3)23-11)5-10(6)13(16,14(17,18)19)15(20,21)22/h4-5H,1-3H3,(H,23,24). The van der Waals surface area contributed by atoms with Gasteiger partial charge in [-0.3, -0.25) is 4.98 Å². The smallest absolute Gasteiger partial charge is 0.435 e. The molecule has 0 saturated carbocycles. The molecule has 0 aliphatic carbocycles. The minimum Gasteiger partial charge on any atom is -0.507 e. The van der Waals surface area contributed by atoms with E-state index >= 15 is 0 Å². The molecule has 0 saturated heterocycles. The number of aromatic nitrogens is 1. The highest BCUT2D eigenvalue weighted by Gasteiger charge is 2.73. The SMILES string of the molecule is Cc1cc2nc(C)c(C)c(O)c2cc1C(F)(C(F)(F)F)C(F)(F)F. The Hall–Kier alpha value is -2.06. The van der Waals surface area contributed by atoms with Crippen LogP contribution in [-0.4, -0.2) is 22.4 Å². The van der Waals surface area contributed by atoms with Crippen molar-refractivity contribution in [3.63, 3.8) is 0 Å². The minimum atomic E-state index is -6.22. The Kier molecular flexibility index (Phi) is 3.98. The van der Waals surface area contributed by atoms with Gasteiger partial charge in [0.1, 0.15) is 5.75 Å². The van der Waals surface area contributed by atoms with Crippen LogP contribution in [0.4, 0.5) is 30.7 Å². The maximum absolute atomic E-state index is 14.3. The maximum Gasteiger partial charge on any atom is 0.435 e. The summed E-state index contributed by atoms with van der Waals surface area (Å²) in [6.07, 6.45) is -12.4. The molecule has 0 atom stereocenters. The zero-order valence-electron chi connectivity index (χ0n) is 12.7. The van der Waals surface area contributed by atoms with E-state index in [0.717, 1.165) is 13.0 Å². The van der Waals surface area contributed by atoms with Gasteiger partial charge >= 0.3 is 18.0 Å². The third-order valence-electron chi connectivity index (χ3n) is 3.94. The Morgan fingerprint density at radius 1 is 0.875 bits per heavy atom. The molecular weight excluding hydrogens is 343 g/mol. The Morgan fingerprint density at radius 3 is 1.83 bits per heavy atom. The van der Waals surface area contributed by atoms with Crippen LogP contribution in [0.1, 0.15) is 22.4 Å². The lowest BCUT2D eigenvalue weighted by Crippen LogP contribution is -2.50. The second-order valence-electron chi connectivity index (χ2n) is 5.51. The summed E-state index contributed by atoms with van der Waals surface area (Å²) in [5, 5.41) is 9.62. The highest BCUT2D eigenvalue weighted by molar-refractivity contribution is 5.88. The van der Waals surface area contributed by atoms with E-state index in [4.69, 9.17) is 0 Å². The van der Waals surface area contributed by atoms with Crippen molar-refractivity contribution >= 4 is 10.9 Å². The Bertz CT molecular complexity index is 794. The molecule has 1 heterocycles. The van der Waals surface area contributed by atoms with Crippen molar-refractivity contribution < 1.29 is 35.8 Å². The van der Waals surface area contributed by atoms with Crippen LogP contribution in [0.3, 0.4) is 0 Å². The van der Waals surface area contributed by atoms with E-state index in [0.29, 0.717) is 11.8 Å². The molecule has 0 amide bonds. The molecule has 0 spiro atoms. The number of nitrogens with zero attached hydrogens (tertiary/aromatic N) is 1. The fourth-order valence-electron chi connectivity index (χ4n) is 2.45. The zero-order chi connectivity index (χ0) is 18.7. The third-order valence-corrected chi connectivity index (χ3v) is 3.94. The van der Waals surface area contributed by atoms with Crippen molar-refractivity contribution in [1.82, 2.24) is 4.98 Å². The predicted molar refractivity (Wildman–Crippen MR) is 72.5 cm³/mol. The average molecular weight is 355 g/mol. The van der Waals surface area contributed by atoms with E-state index in [1.54, 1.807) is 0 Å². The van der Waals surface area contributed by atoms with E-state index in [9.17, 15) is 35.8 Å². The zero-order valence-corrected chi connectivity index (χ0v) is 12.7. The summed E-state index contributed by atoms with van der Waals surface area (Å²) in [6.45, 7) is 3.84. The lowest BCUT2D eigenvalue weighted by atomic mass is 9.88. The highest BCUT2D eigenvalue weighted by Crippen LogP contribution is 2.54. The van der Waals surface area contributed by atoms with Gasteiger partial charge in [0.2, 0.25) is 0 Å². The van der Waals surface area contributed by atoms with Crippen LogP contribution < -0.4 is 0 Å². The maximum atomic E-state index is 14.3. The van der Waals surface area contributed by atoms with Gasteiger partial charge in [-0.2, -0.15) is 26.3 Å². The molecule has 0 aliphatic heterocycles. The molecule has 2 aromatic rings. The number of fused-ring (bicyclic) bond motifs is 1. The normalized spacial score (nSPS) is 13.6. The molecule has 2 nitrogen and oxygen atoms in total. The largest absolute Gasteiger partial charge is 0.507 e. The van der Waals surface area contributed by atoms with Gasteiger partial charge in [0.05, 0.1) is 5.52 Å². The fraction of sp³-hybridized carbons (Fsp3) is 0.400. The van der Waals surface area contributed by atoms with Gasteiger partial charge in [0, 0.05) is 22.2 Å². The van der Waals surface area contributed by atoms with E-state index < -0.39 is 34.9 Å². The molecule has 1 aromatic heterocycles. The predicted octanol–water partition coefficient (Wildman–Crippen LogP) is 5.16. The Balaban J connectivity index is 2.93. The van der Waals surface area contributed by atoms with Crippen LogP contribution in [0.5, 0.6) is 5.75 Å². The van der Waals surface area contributed by atoms with Crippen molar-refractivity contribution in [2.45, 2.75) is 38.8 Å². The Labute approximate surface area is 131 Å². The number of halogens is 7. The van der Waals surface area contributed by atoms with Gasteiger partial charge in [0.25, 0.3) is 0 Å². The molecule has 132 valence electrons. The van der Waals surface area contributed by atoms with Gasteiger partial charge in [-0.25, -0.2) is 4.39 Å². The molecule has 24 heavy (non-hydrogen) atoms. The summed E-state index contributed by atoms with van der Waals surface area (Å²) < 4.78 is 91.9. The molecule has 0 bridgehead atoms. The van der Waals surface area contributed by atoms with E-state index in [1.807, 2.05) is 0 Å². The lowest BCUT2D eigenvalue weighted by Gasteiger charge is -2.31. The fourth-order valence-corrected chi connectivity index (χ4v) is 2.45. The molecule has 2 rings (SSSR count). The molecule has 0 aliphatic rings. The van der Waals surface area contributed by atoms with Crippen molar-refractivity contribution in [2.24, 2.45) is 0 Å². The molecule has 0 fully saturated rings.